The summed E-state index contributed by atoms with van der Waals surface area (Å²) in [7, 11) is 1.52. The highest BCUT2D eigenvalue weighted by molar-refractivity contribution is 6.30. The Morgan fingerprint density at radius 2 is 1.74 bits per heavy atom. The number of hydrazone groups is 1. The summed E-state index contributed by atoms with van der Waals surface area (Å²) < 4.78 is 16.9. The number of fused-ring (bicyclic) bond motifs is 1. The zero-order valence-electron chi connectivity index (χ0n) is 19.5. The summed E-state index contributed by atoms with van der Waals surface area (Å²) in [5.41, 5.74) is 4.63. The zero-order chi connectivity index (χ0) is 24.6. The molecule has 0 unspecified atom stereocenters. The first kappa shape index (κ1) is 24.1. The van der Waals surface area contributed by atoms with E-state index in [9.17, 15) is 4.79 Å². The van der Waals surface area contributed by atoms with E-state index in [1.807, 2.05) is 31.2 Å². The molecule has 0 aromatic heterocycles. The molecule has 35 heavy (non-hydrogen) atoms. The van der Waals surface area contributed by atoms with Crippen molar-refractivity contribution in [3.05, 3.63) is 101 Å². The molecular weight excluding hydrogens is 464 g/mol. The summed E-state index contributed by atoms with van der Waals surface area (Å²) in [5, 5.41) is 6.93. The fourth-order valence-electron chi connectivity index (χ4n) is 3.63. The maximum atomic E-state index is 12.6. The third-order valence-corrected chi connectivity index (χ3v) is 5.57. The smallest absolute Gasteiger partial charge is 0.271 e. The van der Waals surface area contributed by atoms with Crippen LogP contribution in [0.4, 0.5) is 0 Å². The maximum absolute atomic E-state index is 12.6. The van der Waals surface area contributed by atoms with Gasteiger partial charge in [0.1, 0.15) is 12.4 Å². The number of carbonyl (C=O) groups excluding carboxylic acids is 1. The van der Waals surface area contributed by atoms with Crippen LogP contribution < -0.4 is 19.6 Å². The molecule has 0 spiro atoms. The summed E-state index contributed by atoms with van der Waals surface area (Å²) in [6.45, 7) is 2.75. The van der Waals surface area contributed by atoms with Crippen LogP contribution in [0.25, 0.3) is 10.8 Å². The van der Waals surface area contributed by atoms with Gasteiger partial charge in [0.2, 0.25) is 0 Å². The maximum Gasteiger partial charge on any atom is 0.271 e. The molecule has 7 heteroatoms. The van der Waals surface area contributed by atoms with Gasteiger partial charge in [-0.3, -0.25) is 4.79 Å². The average molecular weight is 489 g/mol. The number of amides is 1. The molecule has 0 saturated heterocycles. The molecule has 4 rings (SSSR count). The second-order valence-corrected chi connectivity index (χ2v) is 8.04. The van der Waals surface area contributed by atoms with Gasteiger partial charge < -0.3 is 14.2 Å². The van der Waals surface area contributed by atoms with Crippen LogP contribution in [0, 0.1) is 0 Å². The molecule has 178 valence electrons. The van der Waals surface area contributed by atoms with E-state index in [1.165, 1.54) is 13.3 Å². The average Bonchev–Trinajstić information content (AvgIpc) is 2.88. The third-order valence-electron chi connectivity index (χ3n) is 5.33. The van der Waals surface area contributed by atoms with E-state index in [4.69, 9.17) is 25.8 Å². The van der Waals surface area contributed by atoms with Gasteiger partial charge in [-0.2, -0.15) is 5.10 Å². The predicted octanol–water partition coefficient (Wildman–Crippen LogP) is 6.24. The van der Waals surface area contributed by atoms with Crippen LogP contribution in [0.1, 0.15) is 28.4 Å². The van der Waals surface area contributed by atoms with Gasteiger partial charge in [-0.1, -0.05) is 54.1 Å². The Labute approximate surface area is 209 Å². The lowest BCUT2D eigenvalue weighted by molar-refractivity contribution is 0.0954. The van der Waals surface area contributed by atoms with E-state index >= 15 is 0 Å². The van der Waals surface area contributed by atoms with E-state index in [2.05, 4.69) is 28.7 Å². The number of benzene rings is 4. The van der Waals surface area contributed by atoms with E-state index in [0.29, 0.717) is 46.6 Å². The fraction of sp³-hybridized carbons (Fsp3) is 0.143. The van der Waals surface area contributed by atoms with Gasteiger partial charge in [0.25, 0.3) is 5.91 Å². The molecule has 0 aliphatic rings. The molecule has 4 aromatic rings. The highest BCUT2D eigenvalue weighted by atomic mass is 35.5. The molecule has 0 radical (unpaired) electrons. The summed E-state index contributed by atoms with van der Waals surface area (Å²) in [4.78, 5) is 12.6. The van der Waals surface area contributed by atoms with Gasteiger partial charge in [-0.15, -0.1) is 0 Å². The molecule has 0 aliphatic heterocycles. The number of rotatable bonds is 9. The largest absolute Gasteiger partial charge is 0.493 e. The first-order valence-corrected chi connectivity index (χ1v) is 11.5. The molecule has 6 nitrogen and oxygen atoms in total. The highest BCUT2D eigenvalue weighted by Crippen LogP contribution is 2.28. The number of ether oxygens (including phenoxy) is 3. The highest BCUT2D eigenvalue weighted by Gasteiger charge is 2.11. The van der Waals surface area contributed by atoms with Crippen molar-refractivity contribution in [2.45, 2.75) is 13.5 Å². The Kier molecular flexibility index (Phi) is 7.85. The molecule has 0 bridgehead atoms. The number of hydrogen-bond donors (Lipinski definition) is 1. The van der Waals surface area contributed by atoms with Crippen molar-refractivity contribution in [3.8, 4) is 17.2 Å². The van der Waals surface area contributed by atoms with Gasteiger partial charge in [0.05, 0.1) is 19.9 Å². The Morgan fingerprint density at radius 1 is 0.943 bits per heavy atom. The van der Waals surface area contributed by atoms with Crippen molar-refractivity contribution in [3.63, 3.8) is 0 Å². The van der Waals surface area contributed by atoms with Gasteiger partial charge in [-0.25, -0.2) is 5.43 Å². The SMILES string of the molecule is CCOc1ccc(C(=O)N/N=C/c2cc(Cl)ccc2OCc2cccc3ccccc23)cc1OC. The number of methoxy groups -OCH3 is 1. The molecule has 1 amide bonds. The summed E-state index contributed by atoms with van der Waals surface area (Å²) >= 11 is 6.19. The topological polar surface area (TPSA) is 69.2 Å². The molecule has 0 aliphatic carbocycles. The minimum Gasteiger partial charge on any atom is -0.493 e. The molecule has 1 N–H and O–H groups in total. The number of carbonyl (C=O) groups is 1. The Hall–Kier alpha value is -4.03. The minimum absolute atomic E-state index is 0.377. The second kappa shape index (κ2) is 11.4. The lowest BCUT2D eigenvalue weighted by Gasteiger charge is -2.12. The molecule has 0 saturated carbocycles. The minimum atomic E-state index is -0.386. The molecule has 0 atom stereocenters. The van der Waals surface area contributed by atoms with Crippen LogP contribution in [0.2, 0.25) is 5.02 Å². The van der Waals surface area contributed by atoms with E-state index < -0.39 is 0 Å². The standard InChI is InChI=1S/C28H25ClN2O4/c1-3-34-26-13-11-20(16-27(26)33-2)28(32)31-30-17-22-15-23(29)12-14-25(22)35-18-21-9-6-8-19-7-4-5-10-24(19)21/h4-17H,3,18H2,1-2H3,(H,31,32)/b30-17+. The van der Waals surface area contributed by atoms with Gasteiger partial charge in [-0.05, 0) is 59.7 Å². The van der Waals surface area contributed by atoms with Crippen LogP contribution in [0.3, 0.4) is 0 Å². The van der Waals surface area contributed by atoms with Crippen LogP contribution in [0.5, 0.6) is 17.2 Å². The summed E-state index contributed by atoms with van der Waals surface area (Å²) in [6.07, 6.45) is 1.51. The number of halogens is 1. The van der Waals surface area contributed by atoms with Gasteiger partial charge in [0, 0.05) is 16.1 Å². The van der Waals surface area contributed by atoms with E-state index in [0.717, 1.165) is 16.3 Å². The van der Waals surface area contributed by atoms with Crippen molar-refractivity contribution in [1.82, 2.24) is 5.43 Å². The van der Waals surface area contributed by atoms with Crippen molar-refractivity contribution in [2.75, 3.05) is 13.7 Å². The number of hydrogen-bond acceptors (Lipinski definition) is 5. The number of nitrogens with one attached hydrogen (secondary N) is 1. The Morgan fingerprint density at radius 3 is 2.57 bits per heavy atom. The lowest BCUT2D eigenvalue weighted by atomic mass is 10.1. The predicted molar refractivity (Wildman–Crippen MR) is 139 cm³/mol. The van der Waals surface area contributed by atoms with Gasteiger partial charge >= 0.3 is 0 Å². The molecule has 0 fully saturated rings. The monoisotopic (exact) mass is 488 g/mol. The van der Waals surface area contributed by atoms with Crippen molar-refractivity contribution in [1.29, 1.82) is 0 Å². The van der Waals surface area contributed by atoms with Crippen molar-refractivity contribution >= 4 is 34.5 Å². The van der Waals surface area contributed by atoms with Crippen molar-refractivity contribution in [2.24, 2.45) is 5.10 Å². The Balaban J connectivity index is 1.47. The van der Waals surface area contributed by atoms with Crippen LogP contribution in [-0.2, 0) is 6.61 Å². The van der Waals surface area contributed by atoms with Crippen LogP contribution in [-0.4, -0.2) is 25.8 Å². The summed E-state index contributed by atoms with van der Waals surface area (Å²) in [6, 6.07) is 24.5. The number of nitrogens with zero attached hydrogens (tertiary/aromatic N) is 1. The van der Waals surface area contributed by atoms with Gasteiger partial charge in [0.15, 0.2) is 11.5 Å². The Bertz CT molecular complexity index is 1370. The normalized spacial score (nSPS) is 10.9. The molecular formula is C28H25ClN2O4. The fourth-order valence-corrected chi connectivity index (χ4v) is 3.81. The first-order chi connectivity index (χ1) is 17.1. The third kappa shape index (κ3) is 5.91. The van der Waals surface area contributed by atoms with E-state index in [1.54, 1.807) is 36.4 Å². The summed E-state index contributed by atoms with van der Waals surface area (Å²) in [5.74, 6) is 1.26. The van der Waals surface area contributed by atoms with Crippen LogP contribution in [0.15, 0.2) is 84.0 Å². The quantitative estimate of drug-likeness (QED) is 0.223. The first-order valence-electron chi connectivity index (χ1n) is 11.1. The lowest BCUT2D eigenvalue weighted by Crippen LogP contribution is -2.17. The second-order valence-electron chi connectivity index (χ2n) is 7.61. The van der Waals surface area contributed by atoms with E-state index in [-0.39, 0.29) is 5.91 Å². The zero-order valence-corrected chi connectivity index (χ0v) is 20.2. The van der Waals surface area contributed by atoms with Crippen LogP contribution >= 0.6 is 11.6 Å². The van der Waals surface area contributed by atoms with Crippen molar-refractivity contribution < 1.29 is 19.0 Å². The molecule has 0 heterocycles. The molecule has 4 aromatic carbocycles.